The van der Waals surface area contributed by atoms with E-state index in [0.29, 0.717) is 49.1 Å². The molecule has 5 aromatic rings. The maximum absolute atomic E-state index is 14.0. The van der Waals surface area contributed by atoms with Crippen molar-refractivity contribution < 1.29 is 18.9 Å². The average molecular weight is 621 g/mol. The molecular formula is C34H28N4O6S. The van der Waals surface area contributed by atoms with Crippen LogP contribution in [-0.2, 0) is 4.79 Å². The molecule has 0 fully saturated rings. The van der Waals surface area contributed by atoms with Gasteiger partial charge >= 0.3 is 0 Å². The van der Waals surface area contributed by atoms with Crippen molar-refractivity contribution in [3.8, 4) is 17.1 Å². The van der Waals surface area contributed by atoms with E-state index >= 15 is 0 Å². The molecule has 10 nitrogen and oxygen atoms in total. The highest BCUT2D eigenvalue weighted by atomic mass is 32.1. The van der Waals surface area contributed by atoms with Gasteiger partial charge in [0.25, 0.3) is 17.2 Å². The number of allylic oxidation sites excluding steroid dienone is 1. The highest BCUT2D eigenvalue weighted by Crippen LogP contribution is 2.32. The summed E-state index contributed by atoms with van der Waals surface area (Å²) in [6.45, 7) is 5.69. The van der Waals surface area contributed by atoms with Gasteiger partial charge in [-0.3, -0.25) is 24.3 Å². The number of ether oxygens (including phenoxy) is 1. The second kappa shape index (κ2) is 11.9. The molecular weight excluding hydrogens is 592 g/mol. The Bertz CT molecular complexity index is 2170. The number of aryl methyl sites for hydroxylation is 2. The van der Waals surface area contributed by atoms with Gasteiger partial charge in [-0.05, 0) is 74.4 Å². The number of hydrogen-bond donors (Lipinski definition) is 1. The first kappa shape index (κ1) is 29.5. The van der Waals surface area contributed by atoms with Gasteiger partial charge in [0, 0.05) is 29.5 Å². The van der Waals surface area contributed by atoms with E-state index in [1.54, 1.807) is 61.1 Å². The van der Waals surface area contributed by atoms with Crippen LogP contribution in [0.2, 0.25) is 0 Å². The number of aromatic nitrogens is 1. The Morgan fingerprint density at radius 1 is 1.04 bits per heavy atom. The number of nitro benzene ring substituents is 1. The number of amides is 1. The lowest BCUT2D eigenvalue weighted by molar-refractivity contribution is -0.384. The third kappa shape index (κ3) is 5.73. The normalized spacial score (nSPS) is 14.6. The number of anilines is 1. The Balaban J connectivity index is 1.42. The first-order valence-electron chi connectivity index (χ1n) is 14.0. The zero-order chi connectivity index (χ0) is 31.8. The topological polar surface area (TPSA) is 129 Å². The van der Waals surface area contributed by atoms with Gasteiger partial charge in [-0.25, -0.2) is 4.99 Å². The smallest absolute Gasteiger partial charge is 0.271 e. The molecule has 226 valence electrons. The van der Waals surface area contributed by atoms with E-state index in [-0.39, 0.29) is 17.2 Å². The predicted molar refractivity (Wildman–Crippen MR) is 172 cm³/mol. The Labute approximate surface area is 261 Å². The van der Waals surface area contributed by atoms with Crippen LogP contribution in [0.15, 0.2) is 104 Å². The molecule has 0 saturated heterocycles. The minimum absolute atomic E-state index is 0.0181. The summed E-state index contributed by atoms with van der Waals surface area (Å²) in [7, 11) is 1.58. The molecule has 0 radical (unpaired) electrons. The fourth-order valence-corrected chi connectivity index (χ4v) is 6.35. The van der Waals surface area contributed by atoms with Crippen LogP contribution in [0.5, 0.6) is 5.75 Å². The summed E-state index contributed by atoms with van der Waals surface area (Å²) in [4.78, 5) is 43.6. The highest BCUT2D eigenvalue weighted by Gasteiger charge is 2.32. The van der Waals surface area contributed by atoms with Gasteiger partial charge in [0.15, 0.2) is 4.80 Å². The van der Waals surface area contributed by atoms with E-state index in [2.05, 4.69) is 5.32 Å². The monoisotopic (exact) mass is 620 g/mol. The van der Waals surface area contributed by atoms with Crippen LogP contribution in [-0.4, -0.2) is 22.5 Å². The molecule has 2 aromatic heterocycles. The molecule has 0 aliphatic carbocycles. The van der Waals surface area contributed by atoms with Crippen LogP contribution in [0.25, 0.3) is 17.4 Å². The quantitative estimate of drug-likeness (QED) is 0.185. The van der Waals surface area contributed by atoms with Crippen LogP contribution in [0.3, 0.4) is 0 Å². The Kier molecular flexibility index (Phi) is 7.78. The largest absolute Gasteiger partial charge is 0.497 e. The number of fused-ring (bicyclic) bond motifs is 1. The number of hydrogen-bond acceptors (Lipinski definition) is 8. The van der Waals surface area contributed by atoms with Gasteiger partial charge in [-0.15, -0.1) is 0 Å². The lowest BCUT2D eigenvalue weighted by Crippen LogP contribution is -2.40. The van der Waals surface area contributed by atoms with E-state index in [1.165, 1.54) is 23.5 Å². The summed E-state index contributed by atoms with van der Waals surface area (Å²) in [5, 5.41) is 14.0. The molecule has 1 amide bonds. The Morgan fingerprint density at radius 3 is 2.44 bits per heavy atom. The second-order valence-electron chi connectivity index (χ2n) is 10.6. The summed E-state index contributed by atoms with van der Waals surface area (Å²) in [5.41, 5.74) is 4.60. The van der Waals surface area contributed by atoms with Crippen LogP contribution in [0.1, 0.15) is 35.4 Å². The van der Waals surface area contributed by atoms with E-state index in [0.717, 1.165) is 16.7 Å². The number of methoxy groups -OCH3 is 1. The minimum Gasteiger partial charge on any atom is -0.497 e. The van der Waals surface area contributed by atoms with Crippen molar-refractivity contribution in [1.82, 2.24) is 4.57 Å². The maximum Gasteiger partial charge on any atom is 0.271 e. The van der Waals surface area contributed by atoms with E-state index < -0.39 is 11.0 Å². The van der Waals surface area contributed by atoms with Gasteiger partial charge in [0.1, 0.15) is 17.3 Å². The molecule has 0 saturated carbocycles. The predicted octanol–water partition coefficient (Wildman–Crippen LogP) is 5.67. The van der Waals surface area contributed by atoms with E-state index in [9.17, 15) is 19.7 Å². The molecule has 1 aliphatic heterocycles. The summed E-state index contributed by atoms with van der Waals surface area (Å²) in [6.07, 6.45) is 1.64. The number of carbonyl (C=O) groups excluding carboxylic acids is 1. The average Bonchev–Trinajstić information content (AvgIpc) is 3.62. The molecule has 3 heterocycles. The molecule has 0 unspecified atom stereocenters. The fraction of sp³-hybridized carbons (Fsp3) is 0.147. The Morgan fingerprint density at radius 2 is 1.78 bits per heavy atom. The Hall–Kier alpha value is -5.55. The van der Waals surface area contributed by atoms with Crippen molar-refractivity contribution in [3.63, 3.8) is 0 Å². The molecule has 0 spiro atoms. The molecule has 11 heteroatoms. The molecule has 45 heavy (non-hydrogen) atoms. The van der Waals surface area contributed by atoms with Crippen molar-refractivity contribution in [1.29, 1.82) is 0 Å². The van der Waals surface area contributed by atoms with Gasteiger partial charge in [0.05, 0.1) is 33.9 Å². The summed E-state index contributed by atoms with van der Waals surface area (Å²) in [6, 6.07) is 21.8. The van der Waals surface area contributed by atoms with Crippen LogP contribution in [0.4, 0.5) is 11.4 Å². The molecule has 0 bridgehead atoms. The molecule has 1 atom stereocenters. The lowest BCUT2D eigenvalue weighted by atomic mass is 9.95. The number of nitro groups is 1. The third-order valence-electron chi connectivity index (χ3n) is 7.59. The number of benzene rings is 3. The number of furan rings is 1. The number of thiazole rings is 1. The van der Waals surface area contributed by atoms with Crippen molar-refractivity contribution in [2.45, 2.75) is 26.8 Å². The summed E-state index contributed by atoms with van der Waals surface area (Å²) >= 11 is 1.20. The van der Waals surface area contributed by atoms with E-state index in [4.69, 9.17) is 14.1 Å². The number of non-ortho nitro benzene ring substituents is 1. The molecule has 1 aliphatic rings. The first-order chi connectivity index (χ1) is 21.6. The number of carbonyl (C=O) groups is 1. The van der Waals surface area contributed by atoms with Gasteiger partial charge < -0.3 is 14.5 Å². The summed E-state index contributed by atoms with van der Waals surface area (Å²) < 4.78 is 13.2. The molecule has 6 rings (SSSR count). The zero-order valence-electron chi connectivity index (χ0n) is 24.9. The SMILES string of the molecule is COc1ccc([C@@H]2C(C(=O)Nc3ccc(C)cc3C)=C(C)N=c3s/c(=C\c4ccc(-c5ccc([N+](=O)[O-])cc5)o4)c(=O)n32)cc1. The summed E-state index contributed by atoms with van der Waals surface area (Å²) in [5.74, 6) is 1.23. The van der Waals surface area contributed by atoms with Crippen LogP contribution >= 0.6 is 11.3 Å². The van der Waals surface area contributed by atoms with Crippen molar-refractivity contribution in [3.05, 3.63) is 142 Å². The number of rotatable bonds is 7. The van der Waals surface area contributed by atoms with Crippen LogP contribution in [0, 0.1) is 24.0 Å². The molecule has 3 aromatic carbocycles. The minimum atomic E-state index is -0.743. The van der Waals surface area contributed by atoms with Gasteiger partial charge in [-0.1, -0.05) is 41.2 Å². The zero-order valence-corrected chi connectivity index (χ0v) is 25.7. The third-order valence-corrected chi connectivity index (χ3v) is 8.57. The number of nitrogens with zero attached hydrogens (tertiary/aromatic N) is 3. The fourth-order valence-electron chi connectivity index (χ4n) is 5.32. The highest BCUT2D eigenvalue weighted by molar-refractivity contribution is 7.07. The van der Waals surface area contributed by atoms with Crippen molar-refractivity contribution in [2.75, 3.05) is 12.4 Å². The van der Waals surface area contributed by atoms with Crippen LogP contribution < -0.4 is 24.9 Å². The first-order valence-corrected chi connectivity index (χ1v) is 14.8. The standard InChI is InChI=1S/C34H28N4O6S/c1-19-5-15-27(20(2)17-19)36-32(39)30-21(3)35-34-37(31(30)23-8-12-25(43-4)13-9-23)33(40)29(45-34)18-26-14-16-28(44-26)22-6-10-24(11-7-22)38(41)42/h5-18,31H,1-4H3,(H,36,39)/b29-18-/t31-/m1/s1. The van der Waals surface area contributed by atoms with Crippen molar-refractivity contribution in [2.24, 2.45) is 4.99 Å². The van der Waals surface area contributed by atoms with Gasteiger partial charge in [-0.2, -0.15) is 0 Å². The van der Waals surface area contributed by atoms with Crippen molar-refractivity contribution >= 4 is 34.7 Å². The van der Waals surface area contributed by atoms with E-state index in [1.807, 2.05) is 44.2 Å². The molecule has 1 N–H and O–H groups in total. The van der Waals surface area contributed by atoms with Gasteiger partial charge in [0.2, 0.25) is 0 Å². The second-order valence-corrected chi connectivity index (χ2v) is 11.6. The lowest BCUT2D eigenvalue weighted by Gasteiger charge is -2.25. The maximum atomic E-state index is 14.0. The number of nitrogens with one attached hydrogen (secondary N) is 1.